The van der Waals surface area contributed by atoms with E-state index in [9.17, 15) is 0 Å². The Morgan fingerprint density at radius 3 is 2.33 bits per heavy atom. The van der Waals surface area contributed by atoms with Gasteiger partial charge in [-0.1, -0.05) is 13.8 Å². The number of hydrogen-bond donors (Lipinski definition) is 1. The fourth-order valence-electron chi connectivity index (χ4n) is 2.03. The van der Waals surface area contributed by atoms with Gasteiger partial charge in [0.25, 0.3) is 0 Å². The van der Waals surface area contributed by atoms with Gasteiger partial charge in [0.2, 0.25) is 0 Å². The van der Waals surface area contributed by atoms with Gasteiger partial charge < -0.3 is 10.6 Å². The first-order chi connectivity index (χ1) is 5.47. The lowest BCUT2D eigenvalue weighted by Gasteiger charge is -2.24. The molecule has 1 rings (SSSR count). The van der Waals surface area contributed by atoms with Crippen molar-refractivity contribution in [1.82, 2.24) is 4.90 Å². The predicted octanol–water partition coefficient (Wildman–Crippen LogP) is 1.31. The van der Waals surface area contributed by atoms with Crippen LogP contribution in [0.1, 0.15) is 27.7 Å². The summed E-state index contributed by atoms with van der Waals surface area (Å²) in [6.45, 7) is 12.4. The molecule has 1 atom stereocenters. The van der Waals surface area contributed by atoms with E-state index in [2.05, 4.69) is 32.6 Å². The van der Waals surface area contributed by atoms with Crippen LogP contribution in [0.3, 0.4) is 0 Å². The van der Waals surface area contributed by atoms with E-state index in [1.165, 1.54) is 13.1 Å². The van der Waals surface area contributed by atoms with Crippen LogP contribution in [-0.4, -0.2) is 30.6 Å². The Morgan fingerprint density at radius 2 is 2.08 bits per heavy atom. The van der Waals surface area contributed by atoms with Gasteiger partial charge >= 0.3 is 0 Å². The fourth-order valence-corrected chi connectivity index (χ4v) is 2.03. The predicted molar refractivity (Wildman–Crippen MR) is 53.0 cm³/mol. The first kappa shape index (κ1) is 10.0. The molecule has 1 unspecified atom stereocenters. The largest absolute Gasteiger partial charge is 0.330 e. The van der Waals surface area contributed by atoms with Gasteiger partial charge in [0.05, 0.1) is 0 Å². The van der Waals surface area contributed by atoms with E-state index in [0.29, 0.717) is 17.4 Å². The van der Waals surface area contributed by atoms with Crippen LogP contribution in [-0.2, 0) is 0 Å². The normalized spacial score (nSPS) is 30.0. The summed E-state index contributed by atoms with van der Waals surface area (Å²) in [5, 5.41) is 0. The fraction of sp³-hybridized carbons (Fsp3) is 1.00. The lowest BCUT2D eigenvalue weighted by atomic mass is 9.82. The molecular weight excluding hydrogens is 148 g/mol. The third-order valence-corrected chi connectivity index (χ3v) is 3.19. The molecule has 12 heavy (non-hydrogen) atoms. The van der Waals surface area contributed by atoms with Crippen molar-refractivity contribution in [2.45, 2.75) is 33.7 Å². The number of nitrogens with two attached hydrogens (primary N) is 1. The summed E-state index contributed by atoms with van der Waals surface area (Å²) >= 11 is 0. The Bertz CT molecular complexity index is 152. The van der Waals surface area contributed by atoms with Gasteiger partial charge in [-0.15, -0.1) is 0 Å². The van der Waals surface area contributed by atoms with Crippen LogP contribution >= 0.6 is 0 Å². The molecule has 0 aromatic carbocycles. The van der Waals surface area contributed by atoms with Crippen LogP contribution < -0.4 is 5.73 Å². The highest BCUT2D eigenvalue weighted by atomic mass is 15.2. The number of hydrogen-bond acceptors (Lipinski definition) is 2. The van der Waals surface area contributed by atoms with Crippen molar-refractivity contribution in [3.8, 4) is 0 Å². The molecule has 1 aliphatic rings. The first-order valence-electron chi connectivity index (χ1n) is 4.91. The lowest BCUT2D eigenvalue weighted by molar-refractivity contribution is 0.241. The Hall–Kier alpha value is -0.0800. The van der Waals surface area contributed by atoms with Gasteiger partial charge in [0, 0.05) is 19.1 Å². The molecule has 2 heteroatoms. The first-order valence-corrected chi connectivity index (χ1v) is 4.91. The van der Waals surface area contributed by atoms with Crippen molar-refractivity contribution in [3.05, 3.63) is 0 Å². The summed E-state index contributed by atoms with van der Waals surface area (Å²) in [5.41, 5.74) is 6.16. The van der Waals surface area contributed by atoms with Gasteiger partial charge in [-0.3, -0.25) is 0 Å². The van der Waals surface area contributed by atoms with Crippen LogP contribution in [0.15, 0.2) is 0 Å². The van der Waals surface area contributed by atoms with Crippen LogP contribution in [0.4, 0.5) is 0 Å². The molecule has 0 saturated carbocycles. The highest BCUT2D eigenvalue weighted by molar-refractivity contribution is 4.92. The van der Waals surface area contributed by atoms with E-state index in [0.717, 1.165) is 6.54 Å². The van der Waals surface area contributed by atoms with E-state index in [1.807, 2.05) is 0 Å². The zero-order valence-corrected chi connectivity index (χ0v) is 8.80. The van der Waals surface area contributed by atoms with Crippen molar-refractivity contribution >= 4 is 0 Å². The van der Waals surface area contributed by atoms with Gasteiger partial charge in [0.1, 0.15) is 0 Å². The Morgan fingerprint density at radius 1 is 1.50 bits per heavy atom. The molecule has 1 heterocycles. The molecule has 0 aromatic rings. The molecule has 72 valence electrons. The third kappa shape index (κ3) is 1.80. The zero-order chi connectivity index (χ0) is 9.35. The molecule has 0 spiro atoms. The molecule has 1 fully saturated rings. The summed E-state index contributed by atoms with van der Waals surface area (Å²) in [6, 6.07) is 0.667. The highest BCUT2D eigenvalue weighted by Gasteiger charge is 2.38. The van der Waals surface area contributed by atoms with Crippen molar-refractivity contribution in [3.63, 3.8) is 0 Å². The summed E-state index contributed by atoms with van der Waals surface area (Å²) < 4.78 is 0. The zero-order valence-electron chi connectivity index (χ0n) is 8.80. The number of likely N-dealkylation sites (tertiary alicyclic amines) is 1. The number of nitrogens with zero attached hydrogens (tertiary/aromatic N) is 1. The molecule has 0 aromatic heterocycles. The van der Waals surface area contributed by atoms with Crippen molar-refractivity contribution in [2.24, 2.45) is 17.1 Å². The van der Waals surface area contributed by atoms with Gasteiger partial charge in [-0.2, -0.15) is 0 Å². The van der Waals surface area contributed by atoms with Crippen LogP contribution in [0.5, 0.6) is 0 Å². The highest BCUT2D eigenvalue weighted by Crippen LogP contribution is 2.35. The third-order valence-electron chi connectivity index (χ3n) is 3.19. The molecule has 0 amide bonds. The smallest absolute Gasteiger partial charge is 0.00391 e. The topological polar surface area (TPSA) is 29.3 Å². The average molecular weight is 170 g/mol. The Balaban J connectivity index is 2.60. The van der Waals surface area contributed by atoms with Crippen LogP contribution in [0.2, 0.25) is 0 Å². The summed E-state index contributed by atoms with van der Waals surface area (Å²) in [5.74, 6) is 0.680. The molecule has 2 nitrogen and oxygen atoms in total. The van der Waals surface area contributed by atoms with Crippen LogP contribution in [0, 0.1) is 11.3 Å². The van der Waals surface area contributed by atoms with E-state index in [4.69, 9.17) is 5.73 Å². The van der Waals surface area contributed by atoms with Crippen molar-refractivity contribution in [2.75, 3.05) is 19.6 Å². The van der Waals surface area contributed by atoms with E-state index < -0.39 is 0 Å². The quantitative estimate of drug-likeness (QED) is 0.677. The monoisotopic (exact) mass is 170 g/mol. The maximum Gasteiger partial charge on any atom is 0.00391 e. The van der Waals surface area contributed by atoms with Crippen molar-refractivity contribution < 1.29 is 0 Å². The average Bonchev–Trinajstić information content (AvgIpc) is 2.25. The molecule has 2 N–H and O–H groups in total. The SMILES string of the molecule is CC(C)N1CC(CN)C(C)(C)C1. The van der Waals surface area contributed by atoms with Gasteiger partial charge in [-0.25, -0.2) is 0 Å². The second-order valence-electron chi connectivity index (χ2n) is 4.94. The summed E-state index contributed by atoms with van der Waals surface area (Å²) in [4.78, 5) is 2.53. The molecule has 0 radical (unpaired) electrons. The second kappa shape index (κ2) is 3.35. The summed E-state index contributed by atoms with van der Waals surface area (Å²) in [6.07, 6.45) is 0. The maximum absolute atomic E-state index is 5.75. The minimum atomic E-state index is 0.416. The molecule has 1 saturated heterocycles. The van der Waals surface area contributed by atoms with Gasteiger partial charge in [-0.05, 0) is 31.7 Å². The number of rotatable bonds is 2. The summed E-state index contributed by atoms with van der Waals surface area (Å²) in [7, 11) is 0. The van der Waals surface area contributed by atoms with E-state index >= 15 is 0 Å². The standard InChI is InChI=1S/C10H22N2/c1-8(2)12-6-9(5-11)10(3,4)7-12/h8-9H,5-7,11H2,1-4H3. The van der Waals surface area contributed by atoms with E-state index in [-0.39, 0.29) is 0 Å². The maximum atomic E-state index is 5.75. The molecule has 0 aliphatic carbocycles. The van der Waals surface area contributed by atoms with Crippen LogP contribution in [0.25, 0.3) is 0 Å². The lowest BCUT2D eigenvalue weighted by Crippen LogP contribution is -2.29. The van der Waals surface area contributed by atoms with E-state index in [1.54, 1.807) is 0 Å². The Labute approximate surface area is 76.1 Å². The molecule has 0 bridgehead atoms. The molecular formula is C10H22N2. The minimum absolute atomic E-state index is 0.416. The second-order valence-corrected chi connectivity index (χ2v) is 4.94. The van der Waals surface area contributed by atoms with Gasteiger partial charge in [0.15, 0.2) is 0 Å². The Kier molecular flexibility index (Phi) is 2.79. The van der Waals surface area contributed by atoms with Crippen molar-refractivity contribution in [1.29, 1.82) is 0 Å². The molecule has 1 aliphatic heterocycles. The minimum Gasteiger partial charge on any atom is -0.330 e.